The van der Waals surface area contributed by atoms with Crippen LogP contribution in [0.4, 0.5) is 4.79 Å². The summed E-state index contributed by atoms with van der Waals surface area (Å²) in [5, 5.41) is 12.9. The predicted molar refractivity (Wildman–Crippen MR) is 88.0 cm³/mol. The van der Waals surface area contributed by atoms with E-state index >= 15 is 0 Å². The minimum absolute atomic E-state index is 0.0271. The van der Waals surface area contributed by atoms with Crippen LogP contribution in [-0.2, 0) is 4.79 Å². The van der Waals surface area contributed by atoms with Crippen molar-refractivity contribution in [1.82, 2.24) is 21.3 Å². The molecule has 3 amide bonds. The number of carbonyl (C=O) groups excluding carboxylic acids is 2. The fourth-order valence-electron chi connectivity index (χ4n) is 3.55. The number of rotatable bonds is 6. The first-order chi connectivity index (χ1) is 10.7. The van der Waals surface area contributed by atoms with Gasteiger partial charge in [-0.1, -0.05) is 6.42 Å². The number of unbranched alkanes of at least 4 members (excludes halogenated alkanes) is 1. The Hall–Kier alpha value is -0.950. The maximum atomic E-state index is 11.9. The van der Waals surface area contributed by atoms with Gasteiger partial charge in [-0.3, -0.25) is 4.79 Å². The lowest BCUT2D eigenvalue weighted by Crippen LogP contribution is -2.45. The van der Waals surface area contributed by atoms with Crippen LogP contribution in [-0.4, -0.2) is 54.2 Å². The summed E-state index contributed by atoms with van der Waals surface area (Å²) >= 11 is 1.94. The van der Waals surface area contributed by atoms with E-state index in [9.17, 15) is 9.59 Å². The summed E-state index contributed by atoms with van der Waals surface area (Å²) in [6.45, 7) is 1.97. The molecule has 3 aliphatic rings. The van der Waals surface area contributed by atoms with Crippen LogP contribution < -0.4 is 21.3 Å². The van der Waals surface area contributed by atoms with E-state index in [0.29, 0.717) is 23.8 Å². The Bertz CT molecular complexity index is 414. The van der Waals surface area contributed by atoms with E-state index < -0.39 is 0 Å². The van der Waals surface area contributed by atoms with Crippen LogP contribution in [0.2, 0.25) is 0 Å². The van der Waals surface area contributed by atoms with Crippen molar-refractivity contribution in [3.8, 4) is 0 Å². The summed E-state index contributed by atoms with van der Waals surface area (Å²) in [5.41, 5.74) is 0. The summed E-state index contributed by atoms with van der Waals surface area (Å²) < 4.78 is 0. The van der Waals surface area contributed by atoms with Gasteiger partial charge >= 0.3 is 6.03 Å². The molecule has 0 aromatic carbocycles. The molecule has 22 heavy (non-hydrogen) atoms. The molecule has 0 aromatic rings. The molecule has 0 aliphatic carbocycles. The minimum Gasteiger partial charge on any atom is -0.352 e. The zero-order valence-electron chi connectivity index (χ0n) is 12.9. The lowest BCUT2D eigenvalue weighted by molar-refractivity contribution is -0.122. The third-order valence-corrected chi connectivity index (χ3v) is 6.25. The van der Waals surface area contributed by atoms with Crippen molar-refractivity contribution in [2.45, 2.75) is 61.9 Å². The monoisotopic (exact) mass is 326 g/mol. The average Bonchev–Trinajstić information content (AvgIpc) is 3.04. The molecule has 0 radical (unpaired) electrons. The van der Waals surface area contributed by atoms with Crippen molar-refractivity contribution in [2.24, 2.45) is 0 Å². The molecule has 3 rings (SSSR count). The van der Waals surface area contributed by atoms with Crippen LogP contribution >= 0.6 is 11.8 Å². The van der Waals surface area contributed by atoms with E-state index in [1.807, 2.05) is 11.8 Å². The Balaban J connectivity index is 1.29. The van der Waals surface area contributed by atoms with Gasteiger partial charge in [0.2, 0.25) is 5.91 Å². The van der Waals surface area contributed by atoms with Gasteiger partial charge in [0, 0.05) is 30.0 Å². The van der Waals surface area contributed by atoms with Crippen LogP contribution in [0.5, 0.6) is 0 Å². The smallest absolute Gasteiger partial charge is 0.315 e. The van der Waals surface area contributed by atoms with Crippen molar-refractivity contribution >= 4 is 23.7 Å². The molecule has 3 fully saturated rings. The lowest BCUT2D eigenvalue weighted by atomic mass is 10.0. The predicted octanol–water partition coefficient (Wildman–Crippen LogP) is 0.580. The molecule has 3 saturated heterocycles. The molecular formula is C15H26N4O2S. The largest absolute Gasteiger partial charge is 0.352 e. The van der Waals surface area contributed by atoms with Gasteiger partial charge in [-0.05, 0) is 32.2 Å². The van der Waals surface area contributed by atoms with Gasteiger partial charge in [-0.15, -0.1) is 0 Å². The second-order valence-corrected chi connectivity index (χ2v) is 7.75. The highest BCUT2D eigenvalue weighted by Gasteiger charge is 2.42. The van der Waals surface area contributed by atoms with E-state index in [0.717, 1.165) is 50.9 Å². The molecule has 0 unspecified atom stereocenters. The summed E-state index contributed by atoms with van der Waals surface area (Å²) in [4.78, 5) is 23.2. The van der Waals surface area contributed by atoms with Crippen LogP contribution in [0.3, 0.4) is 0 Å². The third-order valence-electron chi connectivity index (χ3n) is 4.74. The quantitative estimate of drug-likeness (QED) is 0.425. The molecule has 124 valence electrons. The van der Waals surface area contributed by atoms with Crippen LogP contribution in [0.25, 0.3) is 0 Å². The molecule has 0 spiro atoms. The zero-order valence-corrected chi connectivity index (χ0v) is 13.7. The summed E-state index contributed by atoms with van der Waals surface area (Å²) in [7, 11) is 0. The number of nitrogens with one attached hydrogen (secondary N) is 4. The highest BCUT2D eigenvalue weighted by molar-refractivity contribution is 8.00. The number of piperidine rings is 1. The summed E-state index contributed by atoms with van der Waals surface area (Å²) in [6.07, 6.45) is 5.91. The molecule has 7 heteroatoms. The van der Waals surface area contributed by atoms with Crippen LogP contribution in [0.15, 0.2) is 0 Å². The normalized spacial score (nSPS) is 33.9. The summed E-state index contributed by atoms with van der Waals surface area (Å²) in [6, 6.07) is 0.859. The zero-order chi connectivity index (χ0) is 15.4. The highest BCUT2D eigenvalue weighted by atomic mass is 32.2. The first-order valence-electron chi connectivity index (χ1n) is 8.41. The number of hydrogen-bond acceptors (Lipinski definition) is 4. The van der Waals surface area contributed by atoms with Gasteiger partial charge in [0.1, 0.15) is 0 Å². The molecular weight excluding hydrogens is 300 g/mol. The maximum Gasteiger partial charge on any atom is 0.315 e. The van der Waals surface area contributed by atoms with Gasteiger partial charge in [0.05, 0.1) is 12.1 Å². The van der Waals surface area contributed by atoms with E-state index in [2.05, 4.69) is 21.3 Å². The molecule has 3 aliphatic heterocycles. The first kappa shape index (κ1) is 15.9. The topological polar surface area (TPSA) is 82.3 Å². The van der Waals surface area contributed by atoms with Crippen molar-refractivity contribution < 1.29 is 9.59 Å². The molecule has 0 saturated carbocycles. The van der Waals surface area contributed by atoms with E-state index in [1.54, 1.807) is 0 Å². The fourth-order valence-corrected chi connectivity index (χ4v) is 5.09. The standard InChI is InChI=1S/C15H26N4O2S/c20-13(17-10-4-3-7-16-8-10)6-2-1-5-12-14-11(9-22-12)18-15(21)19-14/h10-12,14,16H,1-9H2,(H,17,20)(H2,18,19,21)/t10-,11-,12-,14-/m0/s1. The number of thioether (sulfide) groups is 1. The molecule has 0 aromatic heterocycles. The number of carbonyl (C=O) groups is 2. The van der Waals surface area contributed by atoms with Gasteiger partial charge in [-0.25, -0.2) is 4.79 Å². The Labute approximate surface area is 135 Å². The van der Waals surface area contributed by atoms with Crippen molar-refractivity contribution in [2.75, 3.05) is 18.8 Å². The molecule has 6 nitrogen and oxygen atoms in total. The Morgan fingerprint density at radius 3 is 3.05 bits per heavy atom. The number of hydrogen-bond donors (Lipinski definition) is 4. The van der Waals surface area contributed by atoms with Crippen molar-refractivity contribution in [3.63, 3.8) is 0 Å². The van der Waals surface area contributed by atoms with Crippen molar-refractivity contribution in [1.29, 1.82) is 0 Å². The highest BCUT2D eigenvalue weighted by Crippen LogP contribution is 2.33. The Kier molecular flexibility index (Phi) is 5.46. The van der Waals surface area contributed by atoms with E-state index in [4.69, 9.17) is 0 Å². The fraction of sp³-hybridized carbons (Fsp3) is 0.867. The SMILES string of the molecule is O=C(CCCC[C@@H]1SC[C@@H]2NC(=O)N[C@@H]21)N[C@H]1CCCNC1. The van der Waals surface area contributed by atoms with Gasteiger partial charge in [-0.2, -0.15) is 11.8 Å². The summed E-state index contributed by atoms with van der Waals surface area (Å²) in [5.74, 6) is 1.19. The van der Waals surface area contributed by atoms with Crippen molar-refractivity contribution in [3.05, 3.63) is 0 Å². The first-order valence-corrected chi connectivity index (χ1v) is 9.46. The van der Waals surface area contributed by atoms with Gasteiger partial charge in [0.15, 0.2) is 0 Å². The van der Waals surface area contributed by atoms with Crippen LogP contribution in [0, 0.1) is 0 Å². The third kappa shape index (κ3) is 4.07. The second kappa shape index (κ2) is 7.55. The number of amides is 3. The number of urea groups is 1. The minimum atomic E-state index is -0.0271. The number of fused-ring (bicyclic) bond motifs is 1. The lowest BCUT2D eigenvalue weighted by Gasteiger charge is -2.23. The maximum absolute atomic E-state index is 11.9. The van der Waals surface area contributed by atoms with Crippen LogP contribution in [0.1, 0.15) is 38.5 Å². The molecule has 4 N–H and O–H groups in total. The average molecular weight is 326 g/mol. The Morgan fingerprint density at radius 2 is 2.23 bits per heavy atom. The van der Waals surface area contributed by atoms with E-state index in [1.165, 1.54) is 0 Å². The van der Waals surface area contributed by atoms with Gasteiger partial charge in [0.25, 0.3) is 0 Å². The molecule has 3 heterocycles. The van der Waals surface area contributed by atoms with Gasteiger partial charge < -0.3 is 21.3 Å². The molecule has 0 bridgehead atoms. The van der Waals surface area contributed by atoms with E-state index in [-0.39, 0.29) is 18.0 Å². The molecule has 4 atom stereocenters. The second-order valence-electron chi connectivity index (χ2n) is 6.48. The Morgan fingerprint density at radius 1 is 1.32 bits per heavy atom.